The van der Waals surface area contributed by atoms with Crippen LogP contribution in [-0.2, 0) is 16.2 Å². The molecule has 0 aliphatic carbocycles. The molecular formula is C13H9ClF3NO2S. The van der Waals surface area contributed by atoms with Crippen LogP contribution >= 0.6 is 11.6 Å². The van der Waals surface area contributed by atoms with Crippen molar-refractivity contribution in [3.05, 3.63) is 53.1 Å². The molecule has 2 rings (SSSR count). The highest BCUT2D eigenvalue weighted by atomic mass is 35.5. The zero-order valence-electron chi connectivity index (χ0n) is 10.4. The lowest BCUT2D eigenvalue weighted by molar-refractivity contribution is -0.137. The molecule has 8 heteroatoms. The molecule has 0 bridgehead atoms. The molecule has 0 unspecified atom stereocenters. The number of benzene rings is 2. The van der Waals surface area contributed by atoms with Gasteiger partial charge in [-0.05, 0) is 35.4 Å². The number of rotatable bonds is 2. The quantitative estimate of drug-likeness (QED) is 0.910. The van der Waals surface area contributed by atoms with Gasteiger partial charge in [0.05, 0.1) is 15.5 Å². The van der Waals surface area contributed by atoms with E-state index < -0.39 is 26.8 Å². The summed E-state index contributed by atoms with van der Waals surface area (Å²) >= 11 is 5.63. The van der Waals surface area contributed by atoms with Crippen molar-refractivity contribution in [2.45, 2.75) is 11.1 Å². The van der Waals surface area contributed by atoms with E-state index in [4.69, 9.17) is 16.7 Å². The molecule has 0 amide bonds. The van der Waals surface area contributed by atoms with Crippen molar-refractivity contribution in [2.75, 3.05) is 0 Å². The average Bonchev–Trinajstić information content (AvgIpc) is 2.36. The molecule has 2 aromatic rings. The van der Waals surface area contributed by atoms with Gasteiger partial charge >= 0.3 is 6.18 Å². The fraction of sp³-hybridized carbons (Fsp3) is 0.0769. The molecule has 2 N–H and O–H groups in total. The highest BCUT2D eigenvalue weighted by Crippen LogP contribution is 2.36. The van der Waals surface area contributed by atoms with Gasteiger partial charge in [-0.25, -0.2) is 13.6 Å². The summed E-state index contributed by atoms with van der Waals surface area (Å²) in [6, 6.07) is 8.76. The minimum absolute atomic E-state index is 0.0794. The second kappa shape index (κ2) is 5.32. The normalized spacial score (nSPS) is 12.4. The van der Waals surface area contributed by atoms with Gasteiger partial charge in [0.2, 0.25) is 10.0 Å². The van der Waals surface area contributed by atoms with Crippen LogP contribution in [0.5, 0.6) is 0 Å². The van der Waals surface area contributed by atoms with E-state index >= 15 is 0 Å². The summed E-state index contributed by atoms with van der Waals surface area (Å²) in [5, 5.41) is 4.54. The van der Waals surface area contributed by atoms with E-state index in [1.807, 2.05) is 0 Å². The number of primary sulfonamides is 1. The van der Waals surface area contributed by atoms with Gasteiger partial charge in [0.25, 0.3) is 0 Å². The average molecular weight is 336 g/mol. The monoisotopic (exact) mass is 335 g/mol. The number of sulfonamides is 1. The van der Waals surface area contributed by atoms with Crippen LogP contribution in [0.4, 0.5) is 13.2 Å². The van der Waals surface area contributed by atoms with Crippen molar-refractivity contribution in [3.63, 3.8) is 0 Å². The summed E-state index contributed by atoms with van der Waals surface area (Å²) in [4.78, 5) is -0.0794. The van der Waals surface area contributed by atoms with Crippen LogP contribution in [0.3, 0.4) is 0 Å². The summed E-state index contributed by atoms with van der Waals surface area (Å²) in [5.74, 6) is 0. The summed E-state index contributed by atoms with van der Waals surface area (Å²) in [5.41, 5.74) is 0.0427. The zero-order valence-corrected chi connectivity index (χ0v) is 11.9. The highest BCUT2D eigenvalue weighted by Gasteiger charge is 2.33. The third-order valence-electron chi connectivity index (χ3n) is 2.79. The van der Waals surface area contributed by atoms with Gasteiger partial charge in [0.1, 0.15) is 0 Å². The van der Waals surface area contributed by atoms with Crippen LogP contribution in [0, 0.1) is 0 Å². The first-order valence-corrected chi connectivity index (χ1v) is 7.51. The molecule has 112 valence electrons. The zero-order chi connectivity index (χ0) is 15.8. The van der Waals surface area contributed by atoms with E-state index in [1.54, 1.807) is 0 Å². The minimum atomic E-state index is -4.52. The lowest BCUT2D eigenvalue weighted by atomic mass is 10.0. The van der Waals surface area contributed by atoms with Crippen LogP contribution < -0.4 is 5.14 Å². The third kappa shape index (κ3) is 3.55. The van der Waals surface area contributed by atoms with Crippen LogP contribution in [0.15, 0.2) is 47.4 Å². The Bertz CT molecular complexity index is 771. The van der Waals surface area contributed by atoms with Crippen molar-refractivity contribution >= 4 is 21.6 Å². The summed E-state index contributed by atoms with van der Waals surface area (Å²) < 4.78 is 60.0. The van der Waals surface area contributed by atoms with E-state index in [-0.39, 0.29) is 4.90 Å². The molecule has 3 nitrogen and oxygen atoms in total. The Morgan fingerprint density at radius 1 is 0.952 bits per heavy atom. The van der Waals surface area contributed by atoms with Crippen molar-refractivity contribution in [1.29, 1.82) is 0 Å². The van der Waals surface area contributed by atoms with E-state index in [1.165, 1.54) is 36.4 Å². The SMILES string of the molecule is NS(=O)(=O)c1ccc(-c2ccc(C(F)(F)F)c(Cl)c2)cc1. The van der Waals surface area contributed by atoms with Crippen LogP contribution in [0.2, 0.25) is 5.02 Å². The molecule has 0 aliphatic heterocycles. The summed E-state index contributed by atoms with van der Waals surface area (Å²) in [6.07, 6.45) is -4.52. The largest absolute Gasteiger partial charge is 0.417 e. The van der Waals surface area contributed by atoms with Gasteiger partial charge in [0.15, 0.2) is 0 Å². The molecule has 0 atom stereocenters. The van der Waals surface area contributed by atoms with Crippen LogP contribution in [0.1, 0.15) is 5.56 Å². The molecule has 0 aromatic heterocycles. The van der Waals surface area contributed by atoms with Crippen molar-refractivity contribution in [3.8, 4) is 11.1 Å². The number of hydrogen-bond donors (Lipinski definition) is 1. The first-order valence-electron chi connectivity index (χ1n) is 5.59. The summed E-state index contributed by atoms with van der Waals surface area (Å²) in [7, 11) is -3.81. The Morgan fingerprint density at radius 3 is 1.90 bits per heavy atom. The molecule has 0 heterocycles. The van der Waals surface area contributed by atoms with Gasteiger partial charge in [0, 0.05) is 0 Å². The number of halogens is 4. The maximum atomic E-state index is 12.6. The predicted octanol–water partition coefficient (Wildman–Crippen LogP) is 3.67. The molecule has 0 saturated heterocycles. The van der Waals surface area contributed by atoms with Gasteiger partial charge in [-0.3, -0.25) is 0 Å². The van der Waals surface area contributed by atoms with E-state index in [0.29, 0.717) is 11.1 Å². The smallest absolute Gasteiger partial charge is 0.225 e. The number of nitrogens with two attached hydrogens (primary N) is 1. The topological polar surface area (TPSA) is 60.2 Å². The van der Waals surface area contributed by atoms with Crippen LogP contribution in [-0.4, -0.2) is 8.42 Å². The van der Waals surface area contributed by atoms with Gasteiger partial charge in [-0.1, -0.05) is 29.8 Å². The number of alkyl halides is 3. The highest BCUT2D eigenvalue weighted by molar-refractivity contribution is 7.89. The minimum Gasteiger partial charge on any atom is -0.225 e. The fourth-order valence-corrected chi connectivity index (χ4v) is 2.56. The molecule has 21 heavy (non-hydrogen) atoms. The first-order chi connectivity index (χ1) is 9.59. The molecule has 2 aromatic carbocycles. The Morgan fingerprint density at radius 2 is 1.48 bits per heavy atom. The molecule has 0 spiro atoms. The van der Waals surface area contributed by atoms with Gasteiger partial charge in [-0.2, -0.15) is 13.2 Å². The summed E-state index contributed by atoms with van der Waals surface area (Å²) in [6.45, 7) is 0. The second-order valence-electron chi connectivity index (χ2n) is 4.26. The van der Waals surface area contributed by atoms with Crippen molar-refractivity contribution < 1.29 is 21.6 Å². The maximum absolute atomic E-state index is 12.6. The maximum Gasteiger partial charge on any atom is 0.417 e. The standard InChI is InChI=1S/C13H9ClF3NO2S/c14-12-7-9(3-6-11(12)13(15,16)17)8-1-4-10(5-2-8)21(18,19)20/h1-7H,(H2,18,19,20). The van der Waals surface area contributed by atoms with Gasteiger partial charge < -0.3 is 0 Å². The molecule has 0 radical (unpaired) electrons. The van der Waals surface area contributed by atoms with E-state index in [9.17, 15) is 21.6 Å². The molecule has 0 fully saturated rings. The Balaban J connectivity index is 2.42. The Hall–Kier alpha value is -1.57. The van der Waals surface area contributed by atoms with Crippen LogP contribution in [0.25, 0.3) is 11.1 Å². The molecule has 0 aliphatic rings. The Labute approximate surface area is 124 Å². The number of hydrogen-bond acceptors (Lipinski definition) is 2. The first kappa shape index (κ1) is 15.8. The molecular weight excluding hydrogens is 327 g/mol. The van der Waals surface area contributed by atoms with Crippen molar-refractivity contribution in [2.24, 2.45) is 5.14 Å². The Kier molecular flexibility index (Phi) is 4.01. The third-order valence-corrected chi connectivity index (χ3v) is 4.03. The van der Waals surface area contributed by atoms with Crippen molar-refractivity contribution in [1.82, 2.24) is 0 Å². The predicted molar refractivity (Wildman–Crippen MR) is 73.3 cm³/mol. The fourth-order valence-electron chi connectivity index (χ4n) is 1.76. The lowest BCUT2D eigenvalue weighted by Gasteiger charge is -2.10. The molecule has 0 saturated carbocycles. The van der Waals surface area contributed by atoms with E-state index in [2.05, 4.69) is 0 Å². The van der Waals surface area contributed by atoms with Gasteiger partial charge in [-0.15, -0.1) is 0 Å². The van der Waals surface area contributed by atoms with E-state index in [0.717, 1.165) is 6.07 Å². The second-order valence-corrected chi connectivity index (χ2v) is 6.23. The lowest BCUT2D eigenvalue weighted by Crippen LogP contribution is -2.11.